The van der Waals surface area contributed by atoms with E-state index in [0.717, 1.165) is 36.3 Å². The Bertz CT molecular complexity index is 395. The lowest BCUT2D eigenvalue weighted by Gasteiger charge is -2.32. The normalized spacial score (nSPS) is 21.1. The number of benzene rings is 1. The highest BCUT2D eigenvalue weighted by Crippen LogP contribution is 2.25. The number of nitrogens with zero attached hydrogens (tertiary/aromatic N) is 1. The third kappa shape index (κ3) is 3.70. The van der Waals surface area contributed by atoms with Gasteiger partial charge >= 0.3 is 0 Å². The van der Waals surface area contributed by atoms with Crippen LogP contribution < -0.4 is 0 Å². The summed E-state index contributed by atoms with van der Waals surface area (Å²) >= 11 is 3.54. The number of likely N-dealkylation sites (tertiary alicyclic amines) is 1. The maximum atomic E-state index is 9.54. The molecule has 0 aromatic heterocycles. The van der Waals surface area contributed by atoms with Crippen molar-refractivity contribution < 1.29 is 9.84 Å². The van der Waals surface area contributed by atoms with Crippen molar-refractivity contribution in [3.05, 3.63) is 28.2 Å². The van der Waals surface area contributed by atoms with Crippen molar-refractivity contribution in [1.82, 2.24) is 4.90 Å². The molecule has 1 unspecified atom stereocenters. The number of phenolic OH excluding ortho intramolecular Hbond substituents is 1. The molecule has 1 heterocycles. The summed E-state index contributed by atoms with van der Waals surface area (Å²) in [6.45, 7) is 3.94. The molecule has 1 aromatic carbocycles. The molecule has 0 radical (unpaired) electrons. The topological polar surface area (TPSA) is 32.7 Å². The second kappa shape index (κ2) is 6.55. The van der Waals surface area contributed by atoms with Crippen LogP contribution in [0.1, 0.15) is 18.4 Å². The van der Waals surface area contributed by atoms with Gasteiger partial charge in [0.25, 0.3) is 0 Å². The molecule has 0 bridgehead atoms. The molecule has 18 heavy (non-hydrogen) atoms. The van der Waals surface area contributed by atoms with E-state index >= 15 is 0 Å². The summed E-state index contributed by atoms with van der Waals surface area (Å²) in [5.41, 5.74) is 1.15. The molecular formula is C14H20BrNO2. The standard InChI is InChI=1S/C14H20BrNO2/c1-18-10-11-3-2-6-16(8-11)9-12-7-13(17)4-5-14(12)15/h4-5,7,11,17H,2-3,6,8-10H2,1H3. The summed E-state index contributed by atoms with van der Waals surface area (Å²) in [4.78, 5) is 2.44. The van der Waals surface area contributed by atoms with Gasteiger partial charge in [0.05, 0.1) is 6.61 Å². The fraction of sp³-hybridized carbons (Fsp3) is 0.571. The zero-order chi connectivity index (χ0) is 13.0. The van der Waals surface area contributed by atoms with Gasteiger partial charge < -0.3 is 9.84 Å². The van der Waals surface area contributed by atoms with Gasteiger partial charge in [0.1, 0.15) is 5.75 Å². The van der Waals surface area contributed by atoms with E-state index < -0.39 is 0 Å². The number of hydrogen-bond donors (Lipinski definition) is 1. The predicted molar refractivity (Wildman–Crippen MR) is 75.7 cm³/mol. The molecule has 0 aliphatic carbocycles. The Labute approximate surface area is 117 Å². The largest absolute Gasteiger partial charge is 0.508 e. The molecule has 3 nitrogen and oxygen atoms in total. The van der Waals surface area contributed by atoms with Crippen LogP contribution in [0, 0.1) is 5.92 Å². The van der Waals surface area contributed by atoms with Crippen molar-refractivity contribution in [2.75, 3.05) is 26.8 Å². The molecule has 2 rings (SSSR count). The van der Waals surface area contributed by atoms with E-state index in [0.29, 0.717) is 11.7 Å². The fourth-order valence-electron chi connectivity index (χ4n) is 2.59. The van der Waals surface area contributed by atoms with Crippen LogP contribution in [0.4, 0.5) is 0 Å². The number of hydrogen-bond acceptors (Lipinski definition) is 3. The van der Waals surface area contributed by atoms with Crippen LogP contribution in [-0.2, 0) is 11.3 Å². The van der Waals surface area contributed by atoms with Gasteiger partial charge in [-0.05, 0) is 49.1 Å². The molecule has 0 spiro atoms. The number of piperidine rings is 1. The van der Waals surface area contributed by atoms with E-state index in [1.54, 1.807) is 13.2 Å². The summed E-state index contributed by atoms with van der Waals surface area (Å²) in [7, 11) is 1.77. The van der Waals surface area contributed by atoms with Crippen molar-refractivity contribution in [3.63, 3.8) is 0 Å². The van der Waals surface area contributed by atoms with Crippen molar-refractivity contribution >= 4 is 15.9 Å². The van der Waals surface area contributed by atoms with E-state index in [4.69, 9.17) is 4.74 Å². The van der Waals surface area contributed by atoms with Crippen molar-refractivity contribution in [1.29, 1.82) is 0 Å². The maximum absolute atomic E-state index is 9.54. The van der Waals surface area contributed by atoms with Crippen molar-refractivity contribution in [2.24, 2.45) is 5.92 Å². The van der Waals surface area contributed by atoms with E-state index in [1.807, 2.05) is 12.1 Å². The van der Waals surface area contributed by atoms with Crippen LogP contribution in [-0.4, -0.2) is 36.8 Å². The molecule has 100 valence electrons. The Morgan fingerprint density at radius 2 is 2.33 bits per heavy atom. The number of methoxy groups -OCH3 is 1. The minimum Gasteiger partial charge on any atom is -0.508 e. The van der Waals surface area contributed by atoms with Crippen molar-refractivity contribution in [2.45, 2.75) is 19.4 Å². The smallest absolute Gasteiger partial charge is 0.115 e. The fourth-order valence-corrected chi connectivity index (χ4v) is 2.96. The molecule has 1 saturated heterocycles. The molecular weight excluding hydrogens is 294 g/mol. The molecule has 1 aliphatic heterocycles. The molecule has 4 heteroatoms. The summed E-state index contributed by atoms with van der Waals surface area (Å²) in [5.74, 6) is 0.971. The number of ether oxygens (including phenoxy) is 1. The van der Waals surface area contributed by atoms with Crippen LogP contribution in [0.15, 0.2) is 22.7 Å². The Hall–Kier alpha value is -0.580. The highest BCUT2D eigenvalue weighted by molar-refractivity contribution is 9.10. The van der Waals surface area contributed by atoms with E-state index in [-0.39, 0.29) is 0 Å². The number of halogens is 1. The van der Waals surface area contributed by atoms with Crippen LogP contribution in [0.2, 0.25) is 0 Å². The molecule has 1 aliphatic rings. The number of aromatic hydroxyl groups is 1. The quantitative estimate of drug-likeness (QED) is 0.927. The maximum Gasteiger partial charge on any atom is 0.115 e. The average molecular weight is 314 g/mol. The summed E-state index contributed by atoms with van der Waals surface area (Å²) in [6, 6.07) is 5.45. The van der Waals surface area contributed by atoms with Gasteiger partial charge in [0, 0.05) is 24.7 Å². The number of rotatable bonds is 4. The highest BCUT2D eigenvalue weighted by atomic mass is 79.9. The van der Waals surface area contributed by atoms with Gasteiger partial charge in [-0.15, -0.1) is 0 Å². The molecule has 1 atom stereocenters. The van der Waals surface area contributed by atoms with Gasteiger partial charge in [-0.2, -0.15) is 0 Å². The summed E-state index contributed by atoms with van der Waals surface area (Å²) in [6.07, 6.45) is 2.48. The monoisotopic (exact) mass is 313 g/mol. The zero-order valence-corrected chi connectivity index (χ0v) is 12.3. The molecule has 1 aromatic rings. The van der Waals surface area contributed by atoms with Gasteiger partial charge in [-0.3, -0.25) is 4.90 Å². The van der Waals surface area contributed by atoms with Crippen LogP contribution in [0.5, 0.6) is 5.75 Å². The van der Waals surface area contributed by atoms with Crippen LogP contribution >= 0.6 is 15.9 Å². The third-order valence-corrected chi connectivity index (χ3v) is 4.20. The first-order valence-electron chi connectivity index (χ1n) is 6.37. The Balaban J connectivity index is 1.98. The molecule has 1 N–H and O–H groups in total. The third-order valence-electron chi connectivity index (χ3n) is 3.43. The highest BCUT2D eigenvalue weighted by Gasteiger charge is 2.20. The minimum atomic E-state index is 0.332. The molecule has 0 saturated carbocycles. The van der Waals surface area contributed by atoms with Gasteiger partial charge in [-0.1, -0.05) is 15.9 Å². The average Bonchev–Trinajstić information content (AvgIpc) is 2.35. The Morgan fingerprint density at radius 3 is 3.11 bits per heavy atom. The Morgan fingerprint density at radius 1 is 1.50 bits per heavy atom. The van der Waals surface area contributed by atoms with E-state index in [1.165, 1.54) is 12.8 Å². The zero-order valence-electron chi connectivity index (χ0n) is 10.7. The lowest BCUT2D eigenvalue weighted by atomic mass is 9.98. The van der Waals surface area contributed by atoms with Crippen LogP contribution in [0.25, 0.3) is 0 Å². The minimum absolute atomic E-state index is 0.332. The first-order chi connectivity index (χ1) is 8.69. The van der Waals surface area contributed by atoms with Crippen LogP contribution in [0.3, 0.4) is 0 Å². The SMILES string of the molecule is COCC1CCCN(Cc2cc(O)ccc2Br)C1. The molecule has 1 fully saturated rings. The van der Waals surface area contributed by atoms with Crippen molar-refractivity contribution in [3.8, 4) is 5.75 Å². The Kier molecular flexibility index (Phi) is 5.03. The second-order valence-electron chi connectivity index (χ2n) is 4.97. The second-order valence-corrected chi connectivity index (χ2v) is 5.83. The lowest BCUT2D eigenvalue weighted by Crippen LogP contribution is -2.36. The van der Waals surface area contributed by atoms with Gasteiger partial charge in [0.2, 0.25) is 0 Å². The number of phenols is 1. The lowest BCUT2D eigenvalue weighted by molar-refractivity contribution is 0.0872. The predicted octanol–water partition coefficient (Wildman–Crippen LogP) is 3.01. The summed E-state index contributed by atoms with van der Waals surface area (Å²) in [5, 5.41) is 9.54. The van der Waals surface area contributed by atoms with E-state index in [9.17, 15) is 5.11 Å². The molecule has 0 amide bonds. The van der Waals surface area contributed by atoms with Gasteiger partial charge in [-0.25, -0.2) is 0 Å². The van der Waals surface area contributed by atoms with E-state index in [2.05, 4.69) is 20.8 Å². The first kappa shape index (κ1) is 13.8. The summed E-state index contributed by atoms with van der Waals surface area (Å²) < 4.78 is 6.31. The first-order valence-corrected chi connectivity index (χ1v) is 7.17. The van der Waals surface area contributed by atoms with Gasteiger partial charge in [0.15, 0.2) is 0 Å².